The molecule has 0 radical (unpaired) electrons. The Labute approximate surface area is 121 Å². The highest BCUT2D eigenvalue weighted by molar-refractivity contribution is 9.10. The Hall–Kier alpha value is -1.07. The van der Waals surface area contributed by atoms with Crippen molar-refractivity contribution in [1.29, 1.82) is 0 Å². The van der Waals surface area contributed by atoms with Crippen LogP contribution >= 0.6 is 15.9 Å². The van der Waals surface area contributed by atoms with E-state index in [9.17, 15) is 4.79 Å². The lowest BCUT2D eigenvalue weighted by atomic mass is 10.1. The second kappa shape index (κ2) is 6.39. The summed E-state index contributed by atoms with van der Waals surface area (Å²) in [4.78, 5) is 12.9. The maximum atomic E-state index is 10.6. The SMILES string of the molecule is Cc1ccc(N2CCNC(CCC(=O)O)C2)c(Br)c1. The minimum atomic E-state index is -0.726. The number of piperazine rings is 1. The predicted octanol–water partition coefficient (Wildman–Crippen LogP) is 2.40. The van der Waals surface area contributed by atoms with E-state index in [1.165, 1.54) is 11.3 Å². The number of nitrogens with one attached hydrogen (secondary N) is 1. The van der Waals surface area contributed by atoms with E-state index in [4.69, 9.17) is 5.11 Å². The largest absolute Gasteiger partial charge is 0.481 e. The number of aryl methyl sites for hydroxylation is 1. The maximum absolute atomic E-state index is 10.6. The van der Waals surface area contributed by atoms with Crippen LogP contribution in [-0.4, -0.2) is 36.8 Å². The number of hydrogen-bond donors (Lipinski definition) is 2. The average Bonchev–Trinajstić information content (AvgIpc) is 2.36. The van der Waals surface area contributed by atoms with Gasteiger partial charge in [-0.25, -0.2) is 0 Å². The van der Waals surface area contributed by atoms with E-state index in [0.29, 0.717) is 6.42 Å². The van der Waals surface area contributed by atoms with Crippen LogP contribution in [-0.2, 0) is 4.79 Å². The third-order valence-electron chi connectivity index (χ3n) is 3.41. The molecule has 2 N–H and O–H groups in total. The van der Waals surface area contributed by atoms with Crippen molar-refractivity contribution in [2.45, 2.75) is 25.8 Å². The first kappa shape index (κ1) is 14.3. The van der Waals surface area contributed by atoms with Crippen molar-refractivity contribution in [2.24, 2.45) is 0 Å². The molecule has 1 heterocycles. The van der Waals surface area contributed by atoms with E-state index in [1.807, 2.05) is 0 Å². The molecule has 1 saturated heterocycles. The molecule has 4 nitrogen and oxygen atoms in total. The van der Waals surface area contributed by atoms with Gasteiger partial charge >= 0.3 is 5.97 Å². The predicted molar refractivity (Wildman–Crippen MR) is 79.8 cm³/mol. The van der Waals surface area contributed by atoms with Crippen molar-refractivity contribution in [1.82, 2.24) is 5.32 Å². The molecule has 1 unspecified atom stereocenters. The van der Waals surface area contributed by atoms with Gasteiger partial charge in [-0.15, -0.1) is 0 Å². The highest BCUT2D eigenvalue weighted by Gasteiger charge is 2.21. The monoisotopic (exact) mass is 326 g/mol. The Balaban J connectivity index is 2.02. The third kappa shape index (κ3) is 3.94. The molecule has 0 saturated carbocycles. The van der Waals surface area contributed by atoms with Gasteiger partial charge in [-0.2, -0.15) is 0 Å². The van der Waals surface area contributed by atoms with Gasteiger partial charge < -0.3 is 15.3 Å². The Kier molecular flexibility index (Phi) is 4.82. The van der Waals surface area contributed by atoms with Gasteiger partial charge in [0.1, 0.15) is 0 Å². The standard InChI is InChI=1S/C14H19BrN2O2/c1-10-2-4-13(12(15)8-10)17-7-6-16-11(9-17)3-5-14(18)19/h2,4,8,11,16H,3,5-7,9H2,1H3,(H,18,19). The van der Waals surface area contributed by atoms with Crippen LogP contribution in [0.4, 0.5) is 5.69 Å². The van der Waals surface area contributed by atoms with E-state index in [1.54, 1.807) is 0 Å². The minimum absolute atomic E-state index is 0.223. The number of aliphatic carboxylic acids is 1. The summed E-state index contributed by atoms with van der Waals surface area (Å²) < 4.78 is 1.10. The van der Waals surface area contributed by atoms with Gasteiger partial charge in [0.25, 0.3) is 0 Å². The Morgan fingerprint density at radius 1 is 1.58 bits per heavy atom. The summed E-state index contributed by atoms with van der Waals surface area (Å²) in [7, 11) is 0. The molecule has 1 atom stereocenters. The van der Waals surface area contributed by atoms with Crippen molar-refractivity contribution >= 4 is 27.6 Å². The van der Waals surface area contributed by atoms with E-state index in [2.05, 4.69) is 51.3 Å². The summed E-state index contributed by atoms with van der Waals surface area (Å²) in [5, 5.41) is 12.1. The average molecular weight is 327 g/mol. The molecule has 0 aliphatic carbocycles. The van der Waals surface area contributed by atoms with Crippen LogP contribution in [0.5, 0.6) is 0 Å². The summed E-state index contributed by atoms with van der Waals surface area (Å²) in [6.07, 6.45) is 0.899. The summed E-state index contributed by atoms with van der Waals surface area (Å²) >= 11 is 3.61. The number of benzene rings is 1. The van der Waals surface area contributed by atoms with Crippen molar-refractivity contribution < 1.29 is 9.90 Å². The summed E-state index contributed by atoms with van der Waals surface area (Å²) in [6.45, 7) is 4.77. The van der Waals surface area contributed by atoms with Gasteiger partial charge in [-0.05, 0) is 47.0 Å². The first-order valence-corrected chi connectivity index (χ1v) is 7.32. The summed E-state index contributed by atoms with van der Waals surface area (Å²) in [5.41, 5.74) is 2.42. The van der Waals surface area contributed by atoms with Crippen LogP contribution in [0, 0.1) is 6.92 Å². The van der Waals surface area contributed by atoms with Gasteiger partial charge in [-0.1, -0.05) is 6.07 Å². The van der Waals surface area contributed by atoms with E-state index in [-0.39, 0.29) is 12.5 Å². The van der Waals surface area contributed by atoms with Crippen molar-refractivity contribution in [3.63, 3.8) is 0 Å². The summed E-state index contributed by atoms with van der Waals surface area (Å²) in [6, 6.07) is 6.59. The van der Waals surface area contributed by atoms with Crippen LogP contribution < -0.4 is 10.2 Å². The molecule has 0 amide bonds. The molecule has 0 spiro atoms. The van der Waals surface area contributed by atoms with Gasteiger partial charge in [-0.3, -0.25) is 4.79 Å². The molecule has 1 aliphatic heterocycles. The first-order valence-electron chi connectivity index (χ1n) is 6.52. The van der Waals surface area contributed by atoms with Crippen molar-refractivity contribution in [3.05, 3.63) is 28.2 Å². The molecule has 19 heavy (non-hydrogen) atoms. The molecule has 0 bridgehead atoms. The maximum Gasteiger partial charge on any atom is 0.303 e. The molecule has 1 fully saturated rings. The number of nitrogens with zero attached hydrogens (tertiary/aromatic N) is 1. The van der Waals surface area contributed by atoms with Crippen molar-refractivity contribution in [2.75, 3.05) is 24.5 Å². The number of carbonyl (C=O) groups is 1. The normalized spacial score (nSPS) is 19.5. The Morgan fingerprint density at radius 2 is 2.37 bits per heavy atom. The highest BCUT2D eigenvalue weighted by Crippen LogP contribution is 2.28. The van der Waals surface area contributed by atoms with Crippen molar-refractivity contribution in [3.8, 4) is 0 Å². The molecule has 1 aliphatic rings. The zero-order valence-electron chi connectivity index (χ0n) is 11.0. The number of rotatable bonds is 4. The molecule has 0 aromatic heterocycles. The molecule has 5 heteroatoms. The Bertz CT molecular complexity index is 465. The first-order chi connectivity index (χ1) is 9.06. The lowest BCUT2D eigenvalue weighted by Crippen LogP contribution is -2.51. The fraction of sp³-hybridized carbons (Fsp3) is 0.500. The zero-order chi connectivity index (χ0) is 13.8. The van der Waals surface area contributed by atoms with Gasteiger partial charge in [0.05, 0.1) is 5.69 Å². The molecule has 2 rings (SSSR count). The highest BCUT2D eigenvalue weighted by atomic mass is 79.9. The zero-order valence-corrected chi connectivity index (χ0v) is 12.6. The van der Waals surface area contributed by atoms with Gasteiger partial charge in [0.15, 0.2) is 0 Å². The molecular weight excluding hydrogens is 308 g/mol. The molecule has 1 aromatic carbocycles. The summed E-state index contributed by atoms with van der Waals surface area (Å²) in [5.74, 6) is -0.726. The number of hydrogen-bond acceptors (Lipinski definition) is 3. The molecule has 1 aromatic rings. The smallest absolute Gasteiger partial charge is 0.303 e. The Morgan fingerprint density at radius 3 is 3.05 bits per heavy atom. The molecular formula is C14H19BrN2O2. The van der Waals surface area contributed by atoms with Crippen LogP contribution in [0.15, 0.2) is 22.7 Å². The molecule has 104 valence electrons. The number of carboxylic acid groups (broad SMARTS) is 1. The second-order valence-electron chi connectivity index (χ2n) is 4.98. The fourth-order valence-corrected chi connectivity index (χ4v) is 3.15. The van der Waals surface area contributed by atoms with E-state index >= 15 is 0 Å². The lowest BCUT2D eigenvalue weighted by molar-refractivity contribution is -0.137. The van der Waals surface area contributed by atoms with E-state index in [0.717, 1.165) is 24.1 Å². The number of halogens is 1. The fourth-order valence-electron chi connectivity index (χ4n) is 2.40. The van der Waals surface area contributed by atoms with Crippen LogP contribution in [0.2, 0.25) is 0 Å². The topological polar surface area (TPSA) is 52.6 Å². The van der Waals surface area contributed by atoms with Crippen LogP contribution in [0.3, 0.4) is 0 Å². The number of carboxylic acids is 1. The second-order valence-corrected chi connectivity index (χ2v) is 5.84. The minimum Gasteiger partial charge on any atom is -0.481 e. The van der Waals surface area contributed by atoms with Crippen LogP contribution in [0.1, 0.15) is 18.4 Å². The van der Waals surface area contributed by atoms with E-state index < -0.39 is 5.97 Å². The van der Waals surface area contributed by atoms with Gasteiger partial charge in [0, 0.05) is 36.6 Å². The quantitative estimate of drug-likeness (QED) is 0.892. The number of anilines is 1. The lowest BCUT2D eigenvalue weighted by Gasteiger charge is -2.35. The third-order valence-corrected chi connectivity index (χ3v) is 4.04. The van der Waals surface area contributed by atoms with Crippen LogP contribution in [0.25, 0.3) is 0 Å². The van der Waals surface area contributed by atoms with Gasteiger partial charge in [0.2, 0.25) is 0 Å².